The summed E-state index contributed by atoms with van der Waals surface area (Å²) in [6, 6.07) is 11.2. The Morgan fingerprint density at radius 1 is 1.39 bits per heavy atom. The van der Waals surface area contributed by atoms with E-state index in [9.17, 15) is 14.4 Å². The van der Waals surface area contributed by atoms with Crippen LogP contribution in [0, 0.1) is 17.1 Å². The zero-order valence-corrected chi connectivity index (χ0v) is 17.7. The van der Waals surface area contributed by atoms with E-state index >= 15 is 0 Å². The summed E-state index contributed by atoms with van der Waals surface area (Å²) in [7, 11) is 1.48. The lowest BCUT2D eigenvalue weighted by molar-refractivity contribution is -0.117. The number of methoxy groups -OCH3 is 1. The van der Waals surface area contributed by atoms with Crippen molar-refractivity contribution < 1.29 is 23.4 Å². The van der Waals surface area contributed by atoms with Crippen molar-refractivity contribution >= 4 is 23.6 Å². The van der Waals surface area contributed by atoms with E-state index in [0.717, 1.165) is 12.8 Å². The van der Waals surface area contributed by atoms with Crippen LogP contribution in [0.5, 0.6) is 11.5 Å². The Morgan fingerprint density at radius 2 is 2.23 bits per heavy atom. The molecular weight excluding hydrogens is 423 g/mol. The van der Waals surface area contributed by atoms with Gasteiger partial charge in [0.1, 0.15) is 24.1 Å². The van der Waals surface area contributed by atoms with Gasteiger partial charge in [0.25, 0.3) is 5.91 Å². The van der Waals surface area contributed by atoms with Gasteiger partial charge in [-0.2, -0.15) is 5.26 Å². The summed E-state index contributed by atoms with van der Waals surface area (Å²) in [5.74, 6) is -0.204. The SMILES string of the molecule is COc1ccc(/C=C(\C#N)C(=O)NCC2CCCO2)cc1OCc1c(F)cccc1Cl. The first-order valence-electron chi connectivity index (χ1n) is 9.77. The lowest BCUT2D eigenvalue weighted by Gasteiger charge is -2.13. The highest BCUT2D eigenvalue weighted by Crippen LogP contribution is 2.31. The number of hydrogen-bond acceptors (Lipinski definition) is 5. The molecule has 2 aromatic carbocycles. The van der Waals surface area contributed by atoms with Crippen molar-refractivity contribution in [3.63, 3.8) is 0 Å². The molecule has 0 bridgehead atoms. The van der Waals surface area contributed by atoms with Crippen molar-refractivity contribution in [2.24, 2.45) is 0 Å². The molecule has 0 aromatic heterocycles. The first kappa shape index (κ1) is 22.6. The quantitative estimate of drug-likeness (QED) is 0.486. The van der Waals surface area contributed by atoms with E-state index in [-0.39, 0.29) is 28.9 Å². The predicted molar refractivity (Wildman–Crippen MR) is 114 cm³/mol. The number of nitriles is 1. The van der Waals surface area contributed by atoms with Crippen molar-refractivity contribution in [2.45, 2.75) is 25.6 Å². The number of carbonyl (C=O) groups excluding carboxylic acids is 1. The predicted octanol–water partition coefficient (Wildman–Crippen LogP) is 4.27. The topological polar surface area (TPSA) is 80.6 Å². The number of amides is 1. The van der Waals surface area contributed by atoms with Crippen LogP contribution in [0.2, 0.25) is 5.02 Å². The fourth-order valence-electron chi connectivity index (χ4n) is 3.14. The summed E-state index contributed by atoms with van der Waals surface area (Å²) in [6.07, 6.45) is 3.29. The van der Waals surface area contributed by atoms with Gasteiger partial charge in [-0.25, -0.2) is 4.39 Å². The van der Waals surface area contributed by atoms with Gasteiger partial charge in [0.05, 0.1) is 18.2 Å². The molecule has 0 saturated carbocycles. The maximum atomic E-state index is 14.0. The second-order valence-corrected chi connectivity index (χ2v) is 7.32. The van der Waals surface area contributed by atoms with Crippen LogP contribution in [0.4, 0.5) is 4.39 Å². The number of benzene rings is 2. The summed E-state index contributed by atoms with van der Waals surface area (Å²) < 4.78 is 30.5. The number of carbonyl (C=O) groups is 1. The van der Waals surface area contributed by atoms with E-state index in [1.165, 1.54) is 25.3 Å². The average Bonchev–Trinajstić information content (AvgIpc) is 3.29. The van der Waals surface area contributed by atoms with Crippen molar-refractivity contribution in [3.8, 4) is 17.6 Å². The van der Waals surface area contributed by atoms with Crippen LogP contribution in [0.15, 0.2) is 42.0 Å². The molecule has 6 nitrogen and oxygen atoms in total. The molecule has 0 radical (unpaired) electrons. The molecule has 1 aliphatic heterocycles. The van der Waals surface area contributed by atoms with Crippen LogP contribution in [0.3, 0.4) is 0 Å². The molecule has 0 spiro atoms. The smallest absolute Gasteiger partial charge is 0.262 e. The van der Waals surface area contributed by atoms with Gasteiger partial charge in [0.2, 0.25) is 0 Å². The summed E-state index contributed by atoms with van der Waals surface area (Å²) >= 11 is 6.05. The molecule has 1 unspecified atom stereocenters. The number of rotatable bonds is 8. The molecule has 1 heterocycles. The number of nitrogens with zero attached hydrogens (tertiary/aromatic N) is 1. The molecule has 2 aromatic rings. The van der Waals surface area contributed by atoms with Gasteiger partial charge in [-0.15, -0.1) is 0 Å². The molecule has 3 rings (SSSR count). The molecule has 1 amide bonds. The third-order valence-electron chi connectivity index (χ3n) is 4.81. The number of hydrogen-bond donors (Lipinski definition) is 1. The van der Waals surface area contributed by atoms with Crippen LogP contribution in [-0.4, -0.2) is 32.3 Å². The molecule has 8 heteroatoms. The Kier molecular flexibility index (Phi) is 7.88. The highest BCUT2D eigenvalue weighted by atomic mass is 35.5. The minimum Gasteiger partial charge on any atom is -0.493 e. The number of ether oxygens (including phenoxy) is 3. The Labute approximate surface area is 185 Å². The summed E-state index contributed by atoms with van der Waals surface area (Å²) in [4.78, 5) is 12.4. The molecule has 0 aliphatic carbocycles. The summed E-state index contributed by atoms with van der Waals surface area (Å²) in [5.41, 5.74) is 0.726. The van der Waals surface area contributed by atoms with Gasteiger partial charge < -0.3 is 19.5 Å². The molecular formula is C23H22ClFN2O4. The Hall–Kier alpha value is -3.08. The Morgan fingerprint density at radius 3 is 2.90 bits per heavy atom. The van der Waals surface area contributed by atoms with Gasteiger partial charge in [0, 0.05) is 18.7 Å². The maximum absolute atomic E-state index is 14.0. The maximum Gasteiger partial charge on any atom is 0.262 e. The van der Waals surface area contributed by atoms with Crippen LogP contribution >= 0.6 is 11.6 Å². The minimum atomic E-state index is -0.477. The van der Waals surface area contributed by atoms with E-state index in [2.05, 4.69) is 5.32 Å². The molecule has 1 saturated heterocycles. The van der Waals surface area contributed by atoms with Gasteiger partial charge in [-0.05, 0) is 48.7 Å². The van der Waals surface area contributed by atoms with E-state index in [4.69, 9.17) is 25.8 Å². The zero-order chi connectivity index (χ0) is 22.2. The molecule has 1 aliphatic rings. The van der Waals surface area contributed by atoms with Crippen LogP contribution in [0.25, 0.3) is 6.08 Å². The Bertz CT molecular complexity index is 993. The van der Waals surface area contributed by atoms with Crippen molar-refractivity contribution in [1.82, 2.24) is 5.32 Å². The third-order valence-corrected chi connectivity index (χ3v) is 5.17. The van der Waals surface area contributed by atoms with Gasteiger partial charge in [0.15, 0.2) is 11.5 Å². The van der Waals surface area contributed by atoms with Crippen LogP contribution in [0.1, 0.15) is 24.0 Å². The lowest BCUT2D eigenvalue weighted by atomic mass is 10.1. The van der Waals surface area contributed by atoms with E-state index in [1.807, 2.05) is 6.07 Å². The average molecular weight is 445 g/mol. The van der Waals surface area contributed by atoms with Crippen LogP contribution in [-0.2, 0) is 16.1 Å². The van der Waals surface area contributed by atoms with E-state index < -0.39 is 11.7 Å². The second kappa shape index (κ2) is 10.8. The minimum absolute atomic E-state index is 0.0184. The number of nitrogens with one attached hydrogen (secondary N) is 1. The van der Waals surface area contributed by atoms with Crippen molar-refractivity contribution in [2.75, 3.05) is 20.3 Å². The highest BCUT2D eigenvalue weighted by molar-refractivity contribution is 6.31. The normalized spacial score (nSPS) is 15.9. The molecule has 1 fully saturated rings. The lowest BCUT2D eigenvalue weighted by Crippen LogP contribution is -2.32. The largest absolute Gasteiger partial charge is 0.493 e. The standard InChI is InChI=1S/C23H22ClFN2O4/c1-29-21-8-7-15(10-16(12-26)23(28)27-13-17-4-3-9-30-17)11-22(21)31-14-18-19(24)5-2-6-20(18)25/h2,5-8,10-11,17H,3-4,9,13-14H2,1H3,(H,27,28)/b16-10+. The third kappa shape index (κ3) is 5.97. The molecule has 162 valence electrons. The fourth-order valence-corrected chi connectivity index (χ4v) is 3.36. The summed E-state index contributed by atoms with van der Waals surface area (Å²) in [5, 5.41) is 12.4. The van der Waals surface area contributed by atoms with E-state index in [1.54, 1.807) is 24.3 Å². The van der Waals surface area contributed by atoms with Gasteiger partial charge >= 0.3 is 0 Å². The molecule has 1 atom stereocenters. The molecule has 31 heavy (non-hydrogen) atoms. The zero-order valence-electron chi connectivity index (χ0n) is 17.0. The second-order valence-electron chi connectivity index (χ2n) is 6.91. The number of halogens is 2. The van der Waals surface area contributed by atoms with Crippen molar-refractivity contribution in [1.29, 1.82) is 5.26 Å². The van der Waals surface area contributed by atoms with E-state index in [0.29, 0.717) is 30.2 Å². The summed E-state index contributed by atoms with van der Waals surface area (Å²) in [6.45, 7) is 0.939. The van der Waals surface area contributed by atoms with Crippen molar-refractivity contribution in [3.05, 3.63) is 63.9 Å². The monoisotopic (exact) mass is 444 g/mol. The van der Waals surface area contributed by atoms with Gasteiger partial charge in [-0.1, -0.05) is 23.7 Å². The van der Waals surface area contributed by atoms with Crippen LogP contribution < -0.4 is 14.8 Å². The highest BCUT2D eigenvalue weighted by Gasteiger charge is 2.18. The first-order chi connectivity index (χ1) is 15.0. The molecule has 1 N–H and O–H groups in total. The first-order valence-corrected chi connectivity index (χ1v) is 10.1. The Balaban J connectivity index is 1.74. The fraction of sp³-hybridized carbons (Fsp3) is 0.304. The van der Waals surface area contributed by atoms with Gasteiger partial charge in [-0.3, -0.25) is 4.79 Å².